The summed E-state index contributed by atoms with van der Waals surface area (Å²) in [6.45, 7) is 0. The van der Waals surface area contributed by atoms with E-state index in [-0.39, 0.29) is 50.8 Å². The molecule has 0 aromatic carbocycles. The third kappa shape index (κ3) is 23.6. The fourth-order valence-corrected chi connectivity index (χ4v) is 0. The van der Waals surface area contributed by atoms with Crippen molar-refractivity contribution in [2.75, 3.05) is 0 Å². The number of hydrogen-bond acceptors (Lipinski definition) is 1. The van der Waals surface area contributed by atoms with Crippen molar-refractivity contribution in [2.24, 2.45) is 0 Å². The number of rotatable bonds is 0. The van der Waals surface area contributed by atoms with E-state index in [1.54, 1.807) is 0 Å². The Bertz CT molecular complexity index is 9.61. The molecule has 2 nitrogen and oxygen atoms in total. The van der Waals surface area contributed by atoms with Gasteiger partial charge in [-0.1, -0.05) is 0 Å². The van der Waals surface area contributed by atoms with E-state index >= 15 is 0 Å². The van der Waals surface area contributed by atoms with Crippen molar-refractivity contribution < 1.29 is 28.0 Å². The molecule has 2 N–H and O–H groups in total. The molecule has 0 saturated carbocycles. The maximum absolute atomic E-state index is 8.34. The Morgan fingerprint density at radius 1 is 1.20 bits per heavy atom. The van der Waals surface area contributed by atoms with Gasteiger partial charge in [-0.25, -0.2) is 0 Å². The number of hydrogen-bond donors (Lipinski definition) is 0. The maximum atomic E-state index is 8.34. The van der Waals surface area contributed by atoms with Crippen LogP contribution in [0.2, 0.25) is 0 Å². The van der Waals surface area contributed by atoms with E-state index in [2.05, 4.69) is 0 Å². The van der Waals surface area contributed by atoms with Gasteiger partial charge in [0.15, 0.2) is 0 Å². The van der Waals surface area contributed by atoms with E-state index in [1.165, 1.54) is 0 Å². The predicted molar refractivity (Wildman–Crippen MR) is 20.0 cm³/mol. The minimum atomic E-state index is 0. The van der Waals surface area contributed by atoms with E-state index in [9.17, 15) is 0 Å². The molecular formula is H5InO2SnZn. The Morgan fingerprint density at radius 3 is 1.20 bits per heavy atom. The van der Waals surface area contributed by atoms with Crippen LogP contribution in [0.1, 0.15) is 0 Å². The van der Waals surface area contributed by atoms with Crippen LogP contribution in [-0.2, 0) is 22.6 Å². The van der Waals surface area contributed by atoms with Crippen LogP contribution in [0.15, 0.2) is 0 Å². The molecule has 0 aliphatic rings. The molecule has 0 unspecified atom stereocenters. The Labute approximate surface area is 75.4 Å². The molecule has 5 heteroatoms. The third-order valence-corrected chi connectivity index (χ3v) is 0. The molecule has 0 heterocycles. The van der Waals surface area contributed by atoms with Gasteiger partial charge >= 0.3 is 51.4 Å². The summed E-state index contributed by atoms with van der Waals surface area (Å²) >= 11 is 0.300. The van der Waals surface area contributed by atoms with E-state index in [0.29, 0.717) is 22.5 Å². The normalized spacial score (nSPS) is 0.800. The van der Waals surface area contributed by atoms with Crippen molar-refractivity contribution in [3.8, 4) is 0 Å². The molecule has 0 aliphatic heterocycles. The summed E-state index contributed by atoms with van der Waals surface area (Å²) in [5, 5.41) is 0. The standard InChI is InChI=1S/In.H2O.O.Sn.Zn.3H/h;1H2;;;;;;. The molecule has 0 saturated heterocycles. The molecule has 0 aliphatic carbocycles. The van der Waals surface area contributed by atoms with Gasteiger partial charge in [-0.05, 0) is 0 Å². The van der Waals surface area contributed by atoms with Gasteiger partial charge in [-0.2, -0.15) is 0 Å². The Balaban J connectivity index is -0.00000000167. The topological polar surface area (TPSA) is 48.6 Å². The minimum Gasteiger partial charge on any atom is 0 e. The fourth-order valence-electron chi connectivity index (χ4n) is 0. The molecule has 2 radical (unpaired) electrons. The summed E-state index contributed by atoms with van der Waals surface area (Å²) in [6.07, 6.45) is 0. The van der Waals surface area contributed by atoms with Gasteiger partial charge in [0.2, 0.25) is 0 Å². The molecule has 0 bridgehead atoms. The molecule has 0 fully saturated rings. The van der Waals surface area contributed by atoms with Gasteiger partial charge in [0.05, 0.1) is 0 Å². The summed E-state index contributed by atoms with van der Waals surface area (Å²) in [4.78, 5) is 0. The molecule has 0 aromatic rings. The van der Waals surface area contributed by atoms with E-state index in [1.807, 2.05) is 0 Å². The molecular weight excluding hydrogens is 331 g/mol. The fraction of sp³-hybridized carbons (Fsp3) is 0. The van der Waals surface area contributed by atoms with Crippen molar-refractivity contribution in [3.05, 3.63) is 0 Å². The zero-order valence-electron chi connectivity index (χ0n) is 2.12. The van der Waals surface area contributed by atoms with Crippen LogP contribution in [0.3, 0.4) is 0 Å². The molecule has 0 rings (SSSR count). The maximum Gasteiger partial charge on any atom is 0 e. The molecule has 5 heavy (non-hydrogen) atoms. The molecule has 0 atom stereocenters. The first kappa shape index (κ1) is 27.7. The van der Waals surface area contributed by atoms with Crippen molar-refractivity contribution in [1.82, 2.24) is 0 Å². The van der Waals surface area contributed by atoms with Crippen molar-refractivity contribution in [2.45, 2.75) is 0 Å². The summed E-state index contributed by atoms with van der Waals surface area (Å²) in [5.74, 6) is 0. The van der Waals surface area contributed by atoms with Crippen molar-refractivity contribution in [3.63, 3.8) is 0 Å². The molecule has 0 aromatic heterocycles. The first-order valence-electron chi connectivity index (χ1n) is 0.204. The average Bonchev–Trinajstić information content (AvgIpc) is 1.00. The van der Waals surface area contributed by atoms with Crippen LogP contribution in [0.4, 0.5) is 0 Å². The van der Waals surface area contributed by atoms with Gasteiger partial charge in [-0.15, -0.1) is 0 Å². The van der Waals surface area contributed by atoms with E-state index < -0.39 is 0 Å². The van der Waals surface area contributed by atoms with Gasteiger partial charge < -0.3 is 5.48 Å². The largest absolute Gasteiger partial charge is 0 e. The second-order valence-electron chi connectivity index (χ2n) is 0. The van der Waals surface area contributed by atoms with Crippen LogP contribution < -0.4 is 0 Å². The molecule has 26 valence electrons. The van der Waals surface area contributed by atoms with Gasteiger partial charge in [0.1, 0.15) is 0 Å². The van der Waals surface area contributed by atoms with Gasteiger partial charge in [-0.3, -0.25) is 0 Å². The van der Waals surface area contributed by atoms with Crippen molar-refractivity contribution in [1.29, 1.82) is 0 Å². The SMILES string of the molecule is O.[InH3].[O]=[Sn].[Zn]. The summed E-state index contributed by atoms with van der Waals surface area (Å²) < 4.78 is 8.34. The quantitative estimate of drug-likeness (QED) is 0.451. The summed E-state index contributed by atoms with van der Waals surface area (Å²) in [5.41, 5.74) is 0. The zero-order chi connectivity index (χ0) is 2.00. The minimum absolute atomic E-state index is 0. The van der Waals surface area contributed by atoms with Crippen LogP contribution in [0, 0.1) is 0 Å². The Morgan fingerprint density at radius 2 is 1.20 bits per heavy atom. The second-order valence-corrected chi connectivity index (χ2v) is 0. The zero-order valence-corrected chi connectivity index (χ0v) is 7.94. The first-order chi connectivity index (χ1) is 1.00. The smallest absolute Gasteiger partial charge is 0 e. The van der Waals surface area contributed by atoms with Gasteiger partial charge in [0, 0.05) is 19.5 Å². The van der Waals surface area contributed by atoms with Crippen LogP contribution in [-0.4, -0.2) is 53.8 Å². The van der Waals surface area contributed by atoms with E-state index in [4.69, 9.17) is 3.08 Å². The summed E-state index contributed by atoms with van der Waals surface area (Å²) in [6, 6.07) is 0. The van der Waals surface area contributed by atoms with E-state index in [0.717, 1.165) is 0 Å². The predicted octanol–water partition coefficient (Wildman–Crippen LogP) is -2.51. The third-order valence-electron chi connectivity index (χ3n) is 0. The van der Waals surface area contributed by atoms with Crippen molar-refractivity contribution >= 4 is 48.4 Å². The monoisotopic (exact) mass is 336 g/mol. The summed E-state index contributed by atoms with van der Waals surface area (Å²) in [7, 11) is 0. The molecule has 0 amide bonds. The average molecular weight is 336 g/mol. The van der Waals surface area contributed by atoms with Gasteiger partial charge in [0.25, 0.3) is 0 Å². The molecule has 0 spiro atoms. The second kappa shape index (κ2) is 36.7. The Kier molecular flexibility index (Phi) is 203. The first-order valence-corrected chi connectivity index (χ1v) is 1.37. The van der Waals surface area contributed by atoms with Crippen LogP contribution in [0.5, 0.6) is 0 Å². The van der Waals surface area contributed by atoms with Crippen LogP contribution >= 0.6 is 0 Å². The van der Waals surface area contributed by atoms with Crippen LogP contribution in [0.25, 0.3) is 0 Å². The Hall–Kier alpha value is 2.05.